The molecule has 0 aliphatic carbocycles. The molecule has 1 aliphatic heterocycles. The van der Waals surface area contributed by atoms with Crippen LogP contribution in [0.2, 0.25) is 0 Å². The third kappa shape index (κ3) is 3.37. The van der Waals surface area contributed by atoms with Gasteiger partial charge in [0.2, 0.25) is 5.91 Å². The van der Waals surface area contributed by atoms with Gasteiger partial charge in [0.1, 0.15) is 0 Å². The highest BCUT2D eigenvalue weighted by Gasteiger charge is 2.27. The molecule has 4 heteroatoms. The van der Waals surface area contributed by atoms with Crippen LogP contribution < -0.4 is 5.32 Å². The highest BCUT2D eigenvalue weighted by molar-refractivity contribution is 7.10. The molecule has 1 aromatic heterocycles. The van der Waals surface area contributed by atoms with E-state index in [1.165, 1.54) is 10.4 Å². The number of fused-ring (bicyclic) bond motifs is 1. The molecule has 1 aromatic rings. The number of carbonyl (C=O) groups is 1. The minimum absolute atomic E-state index is 0.107. The third-order valence-corrected chi connectivity index (χ3v) is 5.11. The lowest BCUT2D eigenvalue weighted by Crippen LogP contribution is -2.48. The van der Waals surface area contributed by atoms with Gasteiger partial charge in [0.25, 0.3) is 0 Å². The Morgan fingerprint density at radius 1 is 1.58 bits per heavy atom. The molecule has 0 unspecified atom stereocenters. The molecule has 2 heterocycles. The second-order valence-corrected chi connectivity index (χ2v) is 6.98. The van der Waals surface area contributed by atoms with Crippen LogP contribution in [0.5, 0.6) is 0 Å². The molecule has 2 rings (SSSR count). The van der Waals surface area contributed by atoms with Crippen LogP contribution in [0.4, 0.5) is 0 Å². The van der Waals surface area contributed by atoms with Crippen molar-refractivity contribution in [1.29, 1.82) is 0 Å². The molecule has 1 atom stereocenters. The summed E-state index contributed by atoms with van der Waals surface area (Å²) in [6.07, 6.45) is 2.02. The van der Waals surface area contributed by atoms with E-state index in [1.54, 1.807) is 0 Å². The summed E-state index contributed by atoms with van der Waals surface area (Å²) in [7, 11) is 0. The van der Waals surface area contributed by atoms with Crippen LogP contribution in [-0.4, -0.2) is 29.4 Å². The molecule has 0 saturated heterocycles. The molecule has 106 valence electrons. The van der Waals surface area contributed by atoms with Gasteiger partial charge >= 0.3 is 0 Å². The van der Waals surface area contributed by atoms with Crippen LogP contribution in [0, 0.1) is 0 Å². The average Bonchev–Trinajstić information content (AvgIpc) is 2.81. The summed E-state index contributed by atoms with van der Waals surface area (Å²) in [4.78, 5) is 15.9. The Morgan fingerprint density at radius 2 is 2.32 bits per heavy atom. The molecule has 1 amide bonds. The van der Waals surface area contributed by atoms with Crippen LogP contribution in [0.15, 0.2) is 11.4 Å². The van der Waals surface area contributed by atoms with Crippen LogP contribution in [0.1, 0.15) is 50.6 Å². The molecule has 0 radical (unpaired) electrons. The maximum atomic E-state index is 12.1. The third-order valence-electron chi connectivity index (χ3n) is 4.11. The van der Waals surface area contributed by atoms with Crippen molar-refractivity contribution in [3.8, 4) is 0 Å². The van der Waals surface area contributed by atoms with Crippen molar-refractivity contribution in [2.24, 2.45) is 0 Å². The molecule has 0 saturated carbocycles. The monoisotopic (exact) mass is 280 g/mol. The van der Waals surface area contributed by atoms with Gasteiger partial charge in [0.05, 0.1) is 6.54 Å². The number of rotatable bonds is 4. The van der Waals surface area contributed by atoms with Crippen molar-refractivity contribution in [3.05, 3.63) is 21.9 Å². The Kier molecular flexibility index (Phi) is 4.31. The first kappa shape index (κ1) is 14.5. The van der Waals surface area contributed by atoms with Crippen molar-refractivity contribution >= 4 is 17.2 Å². The van der Waals surface area contributed by atoms with Gasteiger partial charge in [-0.05, 0) is 50.6 Å². The second-order valence-electron chi connectivity index (χ2n) is 5.98. The summed E-state index contributed by atoms with van der Waals surface area (Å²) in [6.45, 7) is 9.92. The molecule has 0 bridgehead atoms. The van der Waals surface area contributed by atoms with Gasteiger partial charge in [0, 0.05) is 23.0 Å². The standard InChI is InChI=1S/C15H24N2OS/c1-5-15(3,4)16-14(18)10-17-8-6-13-12(11(17)2)7-9-19-13/h7,9,11H,5-6,8,10H2,1-4H3,(H,16,18)/t11-/m1/s1. The van der Waals surface area contributed by atoms with E-state index in [2.05, 4.69) is 49.4 Å². The van der Waals surface area contributed by atoms with Gasteiger partial charge < -0.3 is 5.32 Å². The quantitative estimate of drug-likeness (QED) is 0.919. The summed E-state index contributed by atoms with van der Waals surface area (Å²) < 4.78 is 0. The summed E-state index contributed by atoms with van der Waals surface area (Å²) in [6, 6.07) is 2.55. The predicted molar refractivity (Wildman–Crippen MR) is 80.5 cm³/mol. The minimum Gasteiger partial charge on any atom is -0.350 e. The van der Waals surface area contributed by atoms with Crippen LogP contribution >= 0.6 is 11.3 Å². The fourth-order valence-electron chi connectivity index (χ4n) is 2.47. The van der Waals surface area contributed by atoms with Crippen molar-refractivity contribution in [2.45, 2.75) is 52.1 Å². The number of nitrogens with one attached hydrogen (secondary N) is 1. The first-order valence-electron chi connectivity index (χ1n) is 7.04. The Labute approximate surface area is 120 Å². The zero-order valence-corrected chi connectivity index (χ0v) is 13.1. The van der Waals surface area contributed by atoms with E-state index in [0.717, 1.165) is 19.4 Å². The van der Waals surface area contributed by atoms with Gasteiger partial charge in [-0.2, -0.15) is 0 Å². The van der Waals surface area contributed by atoms with Gasteiger partial charge in [-0.3, -0.25) is 9.69 Å². The van der Waals surface area contributed by atoms with Crippen LogP contribution in [0.25, 0.3) is 0 Å². The molecular formula is C15H24N2OS. The Balaban J connectivity index is 1.96. The van der Waals surface area contributed by atoms with Crippen molar-refractivity contribution in [2.75, 3.05) is 13.1 Å². The van der Waals surface area contributed by atoms with Crippen LogP contribution in [-0.2, 0) is 11.2 Å². The number of nitrogens with zero attached hydrogens (tertiary/aromatic N) is 1. The zero-order chi connectivity index (χ0) is 14.0. The highest BCUT2D eigenvalue weighted by atomic mass is 32.1. The molecule has 0 spiro atoms. The van der Waals surface area contributed by atoms with E-state index in [9.17, 15) is 4.79 Å². The maximum absolute atomic E-state index is 12.1. The molecular weight excluding hydrogens is 256 g/mol. The van der Waals surface area contributed by atoms with Gasteiger partial charge in [-0.15, -0.1) is 11.3 Å². The first-order valence-corrected chi connectivity index (χ1v) is 7.92. The summed E-state index contributed by atoms with van der Waals surface area (Å²) in [5, 5.41) is 5.27. The van der Waals surface area contributed by atoms with E-state index < -0.39 is 0 Å². The fourth-order valence-corrected chi connectivity index (χ4v) is 3.43. The number of amides is 1. The van der Waals surface area contributed by atoms with Crippen molar-refractivity contribution in [1.82, 2.24) is 10.2 Å². The largest absolute Gasteiger partial charge is 0.350 e. The average molecular weight is 280 g/mol. The van der Waals surface area contributed by atoms with E-state index in [1.807, 2.05) is 11.3 Å². The van der Waals surface area contributed by atoms with Gasteiger partial charge in [-0.1, -0.05) is 6.92 Å². The molecule has 0 aromatic carbocycles. The Morgan fingerprint density at radius 3 is 3.00 bits per heavy atom. The second kappa shape index (κ2) is 5.63. The Hall–Kier alpha value is -0.870. The SMILES string of the molecule is CCC(C)(C)NC(=O)CN1CCc2sccc2[C@H]1C. The van der Waals surface area contributed by atoms with Crippen molar-refractivity contribution in [3.63, 3.8) is 0 Å². The molecule has 19 heavy (non-hydrogen) atoms. The summed E-state index contributed by atoms with van der Waals surface area (Å²) in [5.74, 6) is 0.136. The lowest BCUT2D eigenvalue weighted by Gasteiger charge is -2.34. The highest BCUT2D eigenvalue weighted by Crippen LogP contribution is 2.32. The maximum Gasteiger partial charge on any atom is 0.234 e. The van der Waals surface area contributed by atoms with Crippen LogP contribution in [0.3, 0.4) is 0 Å². The van der Waals surface area contributed by atoms with Gasteiger partial charge in [-0.25, -0.2) is 0 Å². The Bertz CT molecular complexity index is 453. The first-order chi connectivity index (χ1) is 8.93. The number of hydrogen-bond donors (Lipinski definition) is 1. The number of carbonyl (C=O) groups excluding carboxylic acids is 1. The number of hydrogen-bond acceptors (Lipinski definition) is 3. The van der Waals surface area contributed by atoms with Gasteiger partial charge in [0.15, 0.2) is 0 Å². The predicted octanol–water partition coefficient (Wildman–Crippen LogP) is 2.97. The normalized spacial score (nSPS) is 20.1. The smallest absolute Gasteiger partial charge is 0.234 e. The topological polar surface area (TPSA) is 32.3 Å². The molecule has 0 fully saturated rings. The fraction of sp³-hybridized carbons (Fsp3) is 0.667. The number of thiophene rings is 1. The van der Waals surface area contributed by atoms with E-state index in [0.29, 0.717) is 12.6 Å². The summed E-state index contributed by atoms with van der Waals surface area (Å²) >= 11 is 1.84. The van der Waals surface area contributed by atoms with E-state index in [-0.39, 0.29) is 11.4 Å². The van der Waals surface area contributed by atoms with Crippen molar-refractivity contribution < 1.29 is 4.79 Å². The zero-order valence-electron chi connectivity index (χ0n) is 12.3. The molecule has 3 nitrogen and oxygen atoms in total. The lowest BCUT2D eigenvalue weighted by molar-refractivity contribution is -0.124. The molecule has 1 N–H and O–H groups in total. The lowest BCUT2D eigenvalue weighted by atomic mass is 10.0. The minimum atomic E-state index is -0.107. The molecule has 1 aliphatic rings. The van der Waals surface area contributed by atoms with E-state index in [4.69, 9.17) is 0 Å². The van der Waals surface area contributed by atoms with E-state index >= 15 is 0 Å². The summed E-state index contributed by atoms with van der Waals surface area (Å²) in [5.41, 5.74) is 1.29.